The summed E-state index contributed by atoms with van der Waals surface area (Å²) in [4.78, 5) is 19.7. The van der Waals surface area contributed by atoms with Crippen molar-refractivity contribution in [1.82, 2.24) is 14.7 Å². The molecule has 0 radical (unpaired) electrons. The number of hydrogen-bond acceptors (Lipinski definition) is 4. The molecule has 0 aromatic heterocycles. The minimum atomic E-state index is -0.192. The van der Waals surface area contributed by atoms with Gasteiger partial charge in [-0.3, -0.25) is 14.6 Å². The molecule has 1 fully saturated rings. The monoisotopic (exact) mass is 517 g/mol. The topological polar surface area (TPSA) is 36.0 Å². The SMILES string of the molecule is CCN(CC)C(=O)c1ccc(C(c2cccc(OC)c2)N2C[C@@H](C)N(Cc3cccc(F)c3)C[C@@H]2C)cc1. The van der Waals surface area contributed by atoms with Crippen LogP contribution in [0.1, 0.15) is 60.8 Å². The number of amides is 1. The maximum Gasteiger partial charge on any atom is 0.253 e. The first kappa shape index (κ1) is 27.8. The Morgan fingerprint density at radius 3 is 2.32 bits per heavy atom. The molecule has 38 heavy (non-hydrogen) atoms. The highest BCUT2D eigenvalue weighted by Gasteiger charge is 2.35. The second kappa shape index (κ2) is 12.5. The predicted molar refractivity (Wildman–Crippen MR) is 151 cm³/mol. The third-order valence-corrected chi connectivity index (χ3v) is 7.70. The van der Waals surface area contributed by atoms with Crippen molar-refractivity contribution in [3.8, 4) is 5.75 Å². The molecule has 1 aliphatic heterocycles. The van der Waals surface area contributed by atoms with Crippen LogP contribution < -0.4 is 4.74 Å². The van der Waals surface area contributed by atoms with E-state index < -0.39 is 0 Å². The van der Waals surface area contributed by atoms with Gasteiger partial charge in [-0.25, -0.2) is 4.39 Å². The summed E-state index contributed by atoms with van der Waals surface area (Å²) in [6, 6.07) is 23.8. The Hall–Kier alpha value is -3.22. The Morgan fingerprint density at radius 1 is 0.947 bits per heavy atom. The number of ether oxygens (including phenoxy) is 1. The van der Waals surface area contributed by atoms with Crippen molar-refractivity contribution in [2.45, 2.75) is 52.4 Å². The van der Waals surface area contributed by atoms with Crippen LogP contribution in [-0.2, 0) is 6.54 Å². The maximum absolute atomic E-state index is 13.8. The minimum Gasteiger partial charge on any atom is -0.497 e. The van der Waals surface area contributed by atoms with Gasteiger partial charge in [0.2, 0.25) is 0 Å². The molecule has 6 heteroatoms. The molecule has 0 N–H and O–H groups in total. The lowest BCUT2D eigenvalue weighted by Gasteiger charge is -2.47. The van der Waals surface area contributed by atoms with Crippen LogP contribution >= 0.6 is 0 Å². The molecule has 0 bridgehead atoms. The summed E-state index contributed by atoms with van der Waals surface area (Å²) in [6.07, 6.45) is 0. The molecule has 202 valence electrons. The summed E-state index contributed by atoms with van der Waals surface area (Å²) in [5.41, 5.74) is 4.01. The number of hydrogen-bond donors (Lipinski definition) is 0. The summed E-state index contributed by atoms with van der Waals surface area (Å²) >= 11 is 0. The van der Waals surface area contributed by atoms with E-state index in [2.05, 4.69) is 47.9 Å². The molecule has 1 unspecified atom stereocenters. The molecule has 1 heterocycles. The van der Waals surface area contributed by atoms with E-state index >= 15 is 0 Å². The number of rotatable bonds is 9. The third-order valence-electron chi connectivity index (χ3n) is 7.70. The highest BCUT2D eigenvalue weighted by molar-refractivity contribution is 5.94. The maximum atomic E-state index is 13.8. The number of benzene rings is 3. The van der Waals surface area contributed by atoms with Crippen molar-refractivity contribution in [2.75, 3.05) is 33.3 Å². The first-order valence-electron chi connectivity index (χ1n) is 13.6. The van der Waals surface area contributed by atoms with Crippen molar-refractivity contribution in [2.24, 2.45) is 0 Å². The van der Waals surface area contributed by atoms with E-state index in [0.29, 0.717) is 18.7 Å². The van der Waals surface area contributed by atoms with Gasteiger partial charge in [-0.2, -0.15) is 0 Å². The van der Waals surface area contributed by atoms with Crippen molar-refractivity contribution >= 4 is 5.91 Å². The van der Waals surface area contributed by atoms with Crippen molar-refractivity contribution in [3.63, 3.8) is 0 Å². The van der Waals surface area contributed by atoms with E-state index in [1.807, 2.05) is 49.1 Å². The van der Waals surface area contributed by atoms with Crippen LogP contribution in [0.5, 0.6) is 5.75 Å². The van der Waals surface area contributed by atoms with Gasteiger partial charge in [0.25, 0.3) is 5.91 Å². The Kier molecular flexibility index (Phi) is 9.18. The number of halogens is 1. The van der Waals surface area contributed by atoms with Crippen molar-refractivity contribution in [3.05, 3.63) is 101 Å². The van der Waals surface area contributed by atoms with Crippen LogP contribution in [0, 0.1) is 5.82 Å². The molecular formula is C32H40FN3O2. The molecule has 1 aliphatic rings. The predicted octanol–water partition coefficient (Wildman–Crippen LogP) is 6.00. The Bertz CT molecular complexity index is 1210. The molecule has 1 saturated heterocycles. The van der Waals surface area contributed by atoms with E-state index in [1.54, 1.807) is 19.2 Å². The van der Waals surface area contributed by atoms with Crippen molar-refractivity contribution in [1.29, 1.82) is 0 Å². The molecular weight excluding hydrogens is 477 g/mol. The van der Waals surface area contributed by atoms with Gasteiger partial charge in [0.1, 0.15) is 11.6 Å². The molecule has 3 aromatic carbocycles. The summed E-state index contributed by atoms with van der Waals surface area (Å²) in [6.45, 7) is 12.4. The molecule has 4 rings (SSSR count). The van der Waals surface area contributed by atoms with E-state index in [1.165, 1.54) is 6.07 Å². The lowest BCUT2D eigenvalue weighted by molar-refractivity contribution is 0.0194. The normalized spacial score (nSPS) is 19.2. The molecule has 1 amide bonds. The fourth-order valence-corrected chi connectivity index (χ4v) is 5.56. The number of piperazine rings is 1. The number of nitrogens with zero attached hydrogens (tertiary/aromatic N) is 3. The lowest BCUT2D eigenvalue weighted by Crippen LogP contribution is -2.56. The van der Waals surface area contributed by atoms with Gasteiger partial charge in [0.05, 0.1) is 13.2 Å². The standard InChI is InChI=1S/C32H40FN3O2/c1-6-34(7-2)32(37)27-16-14-26(15-17-27)31(28-11-9-13-30(19-28)38-5)36-21-23(3)35(20-24(36)4)22-25-10-8-12-29(33)18-25/h8-19,23-24,31H,6-7,20-22H2,1-5H3/t23-,24+,31?/m1/s1. The second-order valence-electron chi connectivity index (χ2n) is 10.2. The molecule has 3 atom stereocenters. The summed E-state index contributed by atoms with van der Waals surface area (Å²) in [5, 5.41) is 0. The fraction of sp³-hybridized carbons (Fsp3) is 0.406. The Labute approximate surface area is 226 Å². The van der Waals surface area contributed by atoms with E-state index in [4.69, 9.17) is 4.74 Å². The van der Waals surface area contributed by atoms with Gasteiger partial charge < -0.3 is 9.64 Å². The summed E-state index contributed by atoms with van der Waals surface area (Å²) in [7, 11) is 1.69. The van der Waals surface area contributed by atoms with E-state index in [0.717, 1.165) is 42.1 Å². The molecule has 0 spiro atoms. The zero-order chi connectivity index (χ0) is 27.2. The first-order valence-corrected chi connectivity index (χ1v) is 13.6. The molecule has 5 nitrogen and oxygen atoms in total. The quantitative estimate of drug-likeness (QED) is 0.349. The van der Waals surface area contributed by atoms with E-state index in [-0.39, 0.29) is 29.8 Å². The van der Waals surface area contributed by atoms with Gasteiger partial charge in [0.15, 0.2) is 0 Å². The van der Waals surface area contributed by atoms with Crippen LogP contribution in [-0.4, -0.2) is 66.0 Å². The van der Waals surface area contributed by atoms with Crippen LogP contribution in [0.4, 0.5) is 4.39 Å². The second-order valence-corrected chi connectivity index (χ2v) is 10.2. The smallest absolute Gasteiger partial charge is 0.253 e. The number of carbonyl (C=O) groups is 1. The van der Waals surface area contributed by atoms with Crippen LogP contribution in [0.15, 0.2) is 72.8 Å². The zero-order valence-electron chi connectivity index (χ0n) is 23.2. The Balaban J connectivity index is 1.63. The van der Waals surface area contributed by atoms with Gasteiger partial charge >= 0.3 is 0 Å². The average molecular weight is 518 g/mol. The summed E-state index contributed by atoms with van der Waals surface area (Å²) in [5.74, 6) is 0.696. The fourth-order valence-electron chi connectivity index (χ4n) is 5.56. The molecule has 0 saturated carbocycles. The first-order chi connectivity index (χ1) is 18.3. The highest BCUT2D eigenvalue weighted by atomic mass is 19.1. The van der Waals surface area contributed by atoms with Gasteiger partial charge in [-0.1, -0.05) is 36.4 Å². The zero-order valence-corrected chi connectivity index (χ0v) is 23.2. The average Bonchev–Trinajstić information content (AvgIpc) is 2.92. The molecule has 3 aromatic rings. The van der Waals surface area contributed by atoms with Gasteiger partial charge in [-0.15, -0.1) is 0 Å². The van der Waals surface area contributed by atoms with Crippen LogP contribution in [0.25, 0.3) is 0 Å². The largest absolute Gasteiger partial charge is 0.497 e. The highest BCUT2D eigenvalue weighted by Crippen LogP contribution is 2.35. The Morgan fingerprint density at radius 2 is 1.66 bits per heavy atom. The minimum absolute atomic E-state index is 0.0106. The number of carbonyl (C=O) groups excluding carboxylic acids is 1. The van der Waals surface area contributed by atoms with Gasteiger partial charge in [-0.05, 0) is 80.8 Å². The lowest BCUT2D eigenvalue weighted by atomic mass is 9.92. The number of methoxy groups -OCH3 is 1. The van der Waals surface area contributed by atoms with E-state index in [9.17, 15) is 9.18 Å². The third kappa shape index (κ3) is 6.25. The van der Waals surface area contributed by atoms with Crippen LogP contribution in [0.2, 0.25) is 0 Å². The van der Waals surface area contributed by atoms with Gasteiger partial charge in [0, 0.05) is 50.4 Å². The molecule has 0 aliphatic carbocycles. The van der Waals surface area contributed by atoms with Crippen LogP contribution in [0.3, 0.4) is 0 Å². The summed E-state index contributed by atoms with van der Waals surface area (Å²) < 4.78 is 19.4. The van der Waals surface area contributed by atoms with Crippen molar-refractivity contribution < 1.29 is 13.9 Å².